The molecule has 1 fully saturated rings. The number of benzene rings is 1. The Morgan fingerprint density at radius 1 is 1.11 bits per heavy atom. The molecule has 1 amide bonds. The van der Waals surface area contributed by atoms with Gasteiger partial charge >= 0.3 is 0 Å². The van der Waals surface area contributed by atoms with Gasteiger partial charge in [0.2, 0.25) is 15.9 Å². The predicted octanol–water partition coefficient (Wildman–Crippen LogP) is 3.09. The molecule has 1 atom stereocenters. The molecule has 2 rings (SSSR count). The molecule has 1 aliphatic carbocycles. The largest absolute Gasteiger partial charge is 0.497 e. The van der Waals surface area contributed by atoms with Crippen LogP contribution in [0.15, 0.2) is 18.2 Å². The molecule has 0 radical (unpaired) electrons. The van der Waals surface area contributed by atoms with E-state index in [0.29, 0.717) is 11.5 Å². The fourth-order valence-corrected chi connectivity index (χ4v) is 4.84. The molecule has 7 nitrogen and oxygen atoms in total. The summed E-state index contributed by atoms with van der Waals surface area (Å²) in [6, 6.07) is 4.05. The number of carbonyl (C=O) groups excluding carboxylic acids is 1. The zero-order valence-corrected chi connectivity index (χ0v) is 18.0. The lowest BCUT2D eigenvalue weighted by Crippen LogP contribution is -2.50. The summed E-state index contributed by atoms with van der Waals surface area (Å²) in [6.45, 7) is 1.60. The summed E-state index contributed by atoms with van der Waals surface area (Å²) in [7, 11) is -0.772. The van der Waals surface area contributed by atoms with Crippen LogP contribution in [0.5, 0.6) is 11.5 Å². The molecule has 1 aromatic carbocycles. The zero-order valence-electron chi connectivity index (χ0n) is 17.2. The minimum atomic E-state index is -3.74. The minimum Gasteiger partial charge on any atom is -0.497 e. The molecule has 1 aromatic rings. The number of anilines is 1. The number of hydrogen-bond acceptors (Lipinski definition) is 5. The Morgan fingerprint density at radius 3 is 2.25 bits per heavy atom. The Morgan fingerprint density at radius 2 is 1.71 bits per heavy atom. The summed E-state index contributed by atoms with van der Waals surface area (Å²) < 4.78 is 36.8. The standard InChI is InChI=1S/C20H32N2O5S/c1-15(20(23)21-16-10-8-6-5-7-9-11-16)22(28(4,24)25)18-14-17(26-2)12-13-19(18)27-3/h12-16H,5-11H2,1-4H3,(H,21,23)/t15-/m0/s1. The lowest BCUT2D eigenvalue weighted by atomic mass is 9.96. The molecule has 0 spiro atoms. The van der Waals surface area contributed by atoms with Crippen LogP contribution in [0.25, 0.3) is 0 Å². The van der Waals surface area contributed by atoms with E-state index in [1.165, 1.54) is 33.5 Å². The highest BCUT2D eigenvalue weighted by molar-refractivity contribution is 7.92. The first-order valence-corrected chi connectivity index (χ1v) is 11.6. The van der Waals surface area contributed by atoms with E-state index in [-0.39, 0.29) is 17.6 Å². The summed E-state index contributed by atoms with van der Waals surface area (Å²) in [4.78, 5) is 12.9. The van der Waals surface area contributed by atoms with E-state index in [1.54, 1.807) is 25.1 Å². The van der Waals surface area contributed by atoms with Crippen LogP contribution in [0.2, 0.25) is 0 Å². The first-order valence-electron chi connectivity index (χ1n) is 9.79. The molecule has 0 bridgehead atoms. The molecule has 0 aliphatic heterocycles. The van der Waals surface area contributed by atoms with Crippen molar-refractivity contribution in [3.05, 3.63) is 18.2 Å². The topological polar surface area (TPSA) is 84.9 Å². The normalized spacial score (nSPS) is 17.1. The van der Waals surface area contributed by atoms with Crippen molar-refractivity contribution in [1.82, 2.24) is 5.32 Å². The number of amides is 1. The summed E-state index contributed by atoms with van der Waals surface area (Å²) in [5, 5.41) is 3.06. The maximum absolute atomic E-state index is 12.9. The van der Waals surface area contributed by atoms with Crippen LogP contribution in [0.1, 0.15) is 51.9 Å². The van der Waals surface area contributed by atoms with Gasteiger partial charge < -0.3 is 14.8 Å². The average Bonchev–Trinajstić information content (AvgIpc) is 2.62. The van der Waals surface area contributed by atoms with Gasteiger partial charge in [-0.15, -0.1) is 0 Å². The highest BCUT2D eigenvalue weighted by Crippen LogP contribution is 2.35. The molecule has 0 saturated heterocycles. The van der Waals surface area contributed by atoms with E-state index in [2.05, 4.69) is 5.32 Å². The van der Waals surface area contributed by atoms with Crippen LogP contribution in [-0.4, -0.2) is 46.9 Å². The van der Waals surface area contributed by atoms with Crippen molar-refractivity contribution >= 4 is 21.6 Å². The fourth-order valence-electron chi connectivity index (χ4n) is 3.67. The SMILES string of the molecule is COc1ccc(OC)c(N([C@@H](C)C(=O)NC2CCCCCCC2)S(C)(=O)=O)c1. The van der Waals surface area contributed by atoms with Gasteiger partial charge in [0.15, 0.2) is 0 Å². The van der Waals surface area contributed by atoms with Gasteiger partial charge in [-0.25, -0.2) is 8.42 Å². The summed E-state index contributed by atoms with van der Waals surface area (Å²) in [6.07, 6.45) is 8.72. The molecule has 1 saturated carbocycles. The molecular formula is C20H32N2O5S. The van der Waals surface area contributed by atoms with Gasteiger partial charge in [0.25, 0.3) is 0 Å². The second kappa shape index (κ2) is 10.0. The summed E-state index contributed by atoms with van der Waals surface area (Å²) >= 11 is 0. The predicted molar refractivity (Wildman–Crippen MR) is 111 cm³/mol. The van der Waals surface area contributed by atoms with Gasteiger partial charge in [0.05, 0.1) is 26.2 Å². The second-order valence-corrected chi connectivity index (χ2v) is 9.18. The molecule has 28 heavy (non-hydrogen) atoms. The highest BCUT2D eigenvalue weighted by Gasteiger charge is 2.32. The zero-order chi connectivity index (χ0) is 20.7. The van der Waals surface area contributed by atoms with Gasteiger partial charge in [-0.1, -0.05) is 32.1 Å². The summed E-state index contributed by atoms with van der Waals surface area (Å²) in [5.41, 5.74) is 0.282. The van der Waals surface area contributed by atoms with Crippen LogP contribution in [0.3, 0.4) is 0 Å². The number of carbonyl (C=O) groups is 1. The monoisotopic (exact) mass is 412 g/mol. The third-order valence-corrected chi connectivity index (χ3v) is 6.39. The lowest BCUT2D eigenvalue weighted by molar-refractivity contribution is -0.122. The van der Waals surface area contributed by atoms with Crippen molar-refractivity contribution in [2.24, 2.45) is 0 Å². The van der Waals surface area contributed by atoms with Crippen LogP contribution < -0.4 is 19.1 Å². The second-order valence-electron chi connectivity index (χ2n) is 7.32. The van der Waals surface area contributed by atoms with Gasteiger partial charge in [-0.05, 0) is 31.9 Å². The maximum atomic E-state index is 12.9. The molecule has 1 N–H and O–H groups in total. The Balaban J connectivity index is 2.29. The van der Waals surface area contributed by atoms with Gasteiger partial charge in [-0.3, -0.25) is 9.10 Å². The van der Waals surface area contributed by atoms with Crippen molar-refractivity contribution in [3.63, 3.8) is 0 Å². The molecule has 158 valence electrons. The van der Waals surface area contributed by atoms with Crippen LogP contribution in [0.4, 0.5) is 5.69 Å². The minimum absolute atomic E-state index is 0.0869. The number of ether oxygens (including phenoxy) is 2. The van der Waals surface area contributed by atoms with E-state index in [0.717, 1.165) is 36.2 Å². The fraction of sp³-hybridized carbons (Fsp3) is 0.650. The van der Waals surface area contributed by atoms with Crippen LogP contribution in [-0.2, 0) is 14.8 Å². The van der Waals surface area contributed by atoms with E-state index in [9.17, 15) is 13.2 Å². The van der Waals surface area contributed by atoms with Crippen molar-refractivity contribution in [1.29, 1.82) is 0 Å². The number of rotatable bonds is 7. The molecule has 8 heteroatoms. The van der Waals surface area contributed by atoms with Crippen LogP contribution >= 0.6 is 0 Å². The average molecular weight is 413 g/mol. The molecule has 1 aliphatic rings. The van der Waals surface area contributed by atoms with Gasteiger partial charge in [0.1, 0.15) is 17.5 Å². The van der Waals surface area contributed by atoms with Gasteiger partial charge in [0, 0.05) is 12.1 Å². The number of nitrogens with zero attached hydrogens (tertiary/aromatic N) is 1. The molecule has 0 unspecified atom stereocenters. The van der Waals surface area contributed by atoms with Crippen molar-refractivity contribution in [2.75, 3.05) is 24.8 Å². The van der Waals surface area contributed by atoms with E-state index in [4.69, 9.17) is 9.47 Å². The Bertz CT molecular complexity index is 758. The number of hydrogen-bond donors (Lipinski definition) is 1. The first-order chi connectivity index (χ1) is 13.3. The van der Waals surface area contributed by atoms with E-state index >= 15 is 0 Å². The Labute approximate surface area is 168 Å². The third kappa shape index (κ3) is 5.77. The third-order valence-electron chi connectivity index (χ3n) is 5.16. The van der Waals surface area contributed by atoms with E-state index in [1.807, 2.05) is 0 Å². The maximum Gasteiger partial charge on any atom is 0.243 e. The first kappa shape index (κ1) is 22.3. The number of sulfonamides is 1. The van der Waals surface area contributed by atoms with Crippen molar-refractivity contribution < 1.29 is 22.7 Å². The Hall–Kier alpha value is -1.96. The molecular weight excluding hydrogens is 380 g/mol. The molecule has 0 heterocycles. The van der Waals surface area contributed by atoms with Crippen molar-refractivity contribution in [2.45, 2.75) is 64.0 Å². The molecule has 0 aromatic heterocycles. The smallest absolute Gasteiger partial charge is 0.243 e. The number of nitrogens with one attached hydrogen (secondary N) is 1. The van der Waals surface area contributed by atoms with Gasteiger partial charge in [-0.2, -0.15) is 0 Å². The van der Waals surface area contributed by atoms with Crippen LogP contribution in [0, 0.1) is 0 Å². The number of methoxy groups -OCH3 is 2. The lowest BCUT2D eigenvalue weighted by Gasteiger charge is -2.31. The quantitative estimate of drug-likeness (QED) is 0.744. The summed E-state index contributed by atoms with van der Waals surface area (Å²) in [5.74, 6) is 0.537. The van der Waals surface area contributed by atoms with Crippen molar-refractivity contribution in [3.8, 4) is 11.5 Å². The highest BCUT2D eigenvalue weighted by atomic mass is 32.2. The Kier molecular flexibility index (Phi) is 7.98. The van der Waals surface area contributed by atoms with E-state index < -0.39 is 16.1 Å².